The maximum Gasteiger partial charge on any atom is 0.573 e. The molecule has 21 heavy (non-hydrogen) atoms. The molecule has 0 aromatic heterocycles. The summed E-state index contributed by atoms with van der Waals surface area (Å²) < 4.78 is 79.9. The molecule has 0 unspecified atom stereocenters. The number of ether oxygens (including phenoxy) is 2. The Hall–Kier alpha value is -1.45. The first-order valence-electron chi connectivity index (χ1n) is 5.26. The van der Waals surface area contributed by atoms with Gasteiger partial charge in [0.25, 0.3) is 0 Å². The lowest BCUT2D eigenvalue weighted by Gasteiger charge is -2.15. The van der Waals surface area contributed by atoms with Crippen LogP contribution in [0.15, 0.2) is 18.2 Å². The molecule has 3 nitrogen and oxygen atoms in total. The molecule has 0 aliphatic heterocycles. The van der Waals surface area contributed by atoms with E-state index in [1.165, 1.54) is 0 Å². The van der Waals surface area contributed by atoms with E-state index in [1.807, 2.05) is 0 Å². The van der Waals surface area contributed by atoms with Gasteiger partial charge in [0.15, 0.2) is 5.78 Å². The van der Waals surface area contributed by atoms with E-state index in [4.69, 9.17) is 0 Å². The summed E-state index contributed by atoms with van der Waals surface area (Å²) in [5.41, 5.74) is -0.485. The van der Waals surface area contributed by atoms with Gasteiger partial charge in [-0.05, 0) is 12.1 Å². The van der Waals surface area contributed by atoms with E-state index in [1.54, 1.807) is 0 Å². The quantitative estimate of drug-likeness (QED) is 0.430. The summed E-state index contributed by atoms with van der Waals surface area (Å²) in [7, 11) is 0. The molecule has 0 saturated heterocycles. The molecule has 1 rings (SSSR count). The van der Waals surface area contributed by atoms with Gasteiger partial charge in [-0.25, -0.2) is 0 Å². The van der Waals surface area contributed by atoms with Crippen molar-refractivity contribution < 1.29 is 40.6 Å². The highest BCUT2D eigenvalue weighted by Crippen LogP contribution is 2.33. The van der Waals surface area contributed by atoms with Crippen LogP contribution >= 0.6 is 15.9 Å². The van der Waals surface area contributed by atoms with Gasteiger partial charge < -0.3 is 9.47 Å². The van der Waals surface area contributed by atoms with E-state index in [0.717, 1.165) is 12.1 Å². The summed E-state index contributed by atoms with van der Waals surface area (Å²) in [6.45, 7) is 0. The number of carbonyl (C=O) groups is 1. The van der Waals surface area contributed by atoms with Gasteiger partial charge in [-0.1, -0.05) is 15.9 Å². The molecule has 0 spiro atoms. The van der Waals surface area contributed by atoms with Gasteiger partial charge in [0.1, 0.15) is 11.5 Å². The van der Waals surface area contributed by atoms with Gasteiger partial charge in [-0.2, -0.15) is 0 Å². The van der Waals surface area contributed by atoms with Crippen molar-refractivity contribution in [2.24, 2.45) is 0 Å². The summed E-state index contributed by atoms with van der Waals surface area (Å²) in [5.74, 6) is -2.68. The van der Waals surface area contributed by atoms with Crippen LogP contribution in [0, 0.1) is 0 Å². The topological polar surface area (TPSA) is 35.5 Å². The highest BCUT2D eigenvalue weighted by atomic mass is 79.9. The maximum atomic E-state index is 12.2. The van der Waals surface area contributed by atoms with Gasteiger partial charge in [0.05, 0.1) is 5.56 Å². The van der Waals surface area contributed by atoms with E-state index < -0.39 is 35.6 Å². The predicted octanol–water partition coefficient (Wildman–Crippen LogP) is 4.45. The minimum Gasteiger partial charge on any atom is -0.406 e. The monoisotopic (exact) mass is 380 g/mol. The molecule has 0 aliphatic carbocycles. The average molecular weight is 381 g/mol. The molecule has 10 heteroatoms. The number of rotatable bonds is 5. The summed E-state index contributed by atoms with van der Waals surface area (Å²) in [6.07, 6.45) is -10.4. The molecule has 0 radical (unpaired) electrons. The normalized spacial score (nSPS) is 12.1. The molecule has 0 aliphatic rings. The predicted molar refractivity (Wildman–Crippen MR) is 62.5 cm³/mol. The third-order valence-electron chi connectivity index (χ3n) is 2.03. The molecule has 0 N–H and O–H groups in total. The lowest BCUT2D eigenvalue weighted by Crippen LogP contribution is -2.20. The van der Waals surface area contributed by atoms with Crippen LogP contribution in [0.25, 0.3) is 0 Å². The summed E-state index contributed by atoms with van der Waals surface area (Å²) >= 11 is 2.93. The Labute approximate surface area is 123 Å². The molecule has 0 amide bonds. The van der Waals surface area contributed by atoms with Crippen LogP contribution in [-0.2, 0) is 0 Å². The Kier molecular flexibility index (Phi) is 5.48. The molecule has 0 saturated carbocycles. The van der Waals surface area contributed by atoms with Crippen molar-refractivity contribution in [3.05, 3.63) is 23.8 Å². The van der Waals surface area contributed by atoms with Gasteiger partial charge in [0, 0.05) is 17.8 Å². The fourth-order valence-corrected chi connectivity index (χ4v) is 1.72. The molecule has 1 aromatic rings. The molecule has 0 atom stereocenters. The van der Waals surface area contributed by atoms with E-state index in [-0.39, 0.29) is 11.8 Å². The second-order valence-electron chi connectivity index (χ2n) is 3.62. The Morgan fingerprint density at radius 2 is 1.62 bits per heavy atom. The summed E-state index contributed by atoms with van der Waals surface area (Å²) in [5, 5.41) is 0.179. The summed E-state index contributed by atoms with van der Waals surface area (Å²) in [6, 6.07) is 1.88. The lowest BCUT2D eigenvalue weighted by molar-refractivity contribution is -0.276. The summed E-state index contributed by atoms with van der Waals surface area (Å²) in [4.78, 5) is 11.6. The van der Waals surface area contributed by atoms with Crippen molar-refractivity contribution in [2.45, 2.75) is 19.1 Å². The van der Waals surface area contributed by atoms with Crippen molar-refractivity contribution in [3.63, 3.8) is 0 Å². The second kappa shape index (κ2) is 6.54. The first kappa shape index (κ1) is 17.6. The third kappa shape index (κ3) is 6.23. The Morgan fingerprint density at radius 1 is 1.05 bits per heavy atom. The molecule has 0 fully saturated rings. The first-order valence-corrected chi connectivity index (χ1v) is 6.38. The van der Waals surface area contributed by atoms with Crippen molar-refractivity contribution in [1.29, 1.82) is 0 Å². The molecular weight excluding hydrogens is 374 g/mol. The SMILES string of the molecule is O=C(CCBr)c1ccc(OC(F)(F)F)cc1OC(F)(F)F. The Balaban J connectivity index is 3.16. The van der Waals surface area contributed by atoms with Crippen LogP contribution in [0.1, 0.15) is 16.8 Å². The largest absolute Gasteiger partial charge is 0.573 e. The van der Waals surface area contributed by atoms with Crippen LogP contribution in [0.3, 0.4) is 0 Å². The van der Waals surface area contributed by atoms with Gasteiger partial charge >= 0.3 is 12.7 Å². The number of ketones is 1. The molecule has 118 valence electrons. The van der Waals surface area contributed by atoms with E-state index in [0.29, 0.717) is 6.07 Å². The van der Waals surface area contributed by atoms with Crippen LogP contribution in [0.2, 0.25) is 0 Å². The smallest absolute Gasteiger partial charge is 0.406 e. The van der Waals surface area contributed by atoms with Gasteiger partial charge in [-0.3, -0.25) is 4.79 Å². The average Bonchev–Trinajstić information content (AvgIpc) is 2.24. The third-order valence-corrected chi connectivity index (χ3v) is 2.43. The van der Waals surface area contributed by atoms with Crippen LogP contribution in [0.5, 0.6) is 11.5 Å². The molecular formula is C11H7BrF6O3. The number of benzene rings is 1. The molecule has 0 heterocycles. The van der Waals surface area contributed by atoms with Crippen molar-refractivity contribution in [1.82, 2.24) is 0 Å². The zero-order valence-corrected chi connectivity index (χ0v) is 11.6. The highest BCUT2D eigenvalue weighted by Gasteiger charge is 2.35. The van der Waals surface area contributed by atoms with E-state index >= 15 is 0 Å². The van der Waals surface area contributed by atoms with E-state index in [9.17, 15) is 31.1 Å². The van der Waals surface area contributed by atoms with Crippen molar-refractivity contribution in [2.75, 3.05) is 5.33 Å². The van der Waals surface area contributed by atoms with Crippen LogP contribution in [0.4, 0.5) is 26.3 Å². The number of halogens is 7. The first-order chi connectivity index (χ1) is 9.52. The molecule has 1 aromatic carbocycles. The number of hydrogen-bond acceptors (Lipinski definition) is 3. The second-order valence-corrected chi connectivity index (χ2v) is 4.41. The Morgan fingerprint density at radius 3 is 2.10 bits per heavy atom. The van der Waals surface area contributed by atoms with Crippen LogP contribution < -0.4 is 9.47 Å². The fraction of sp³-hybridized carbons (Fsp3) is 0.364. The molecule has 0 bridgehead atoms. The van der Waals surface area contributed by atoms with E-state index in [2.05, 4.69) is 25.4 Å². The lowest BCUT2D eigenvalue weighted by atomic mass is 10.1. The zero-order chi connectivity index (χ0) is 16.3. The number of hydrogen-bond donors (Lipinski definition) is 0. The van der Waals surface area contributed by atoms with Crippen LogP contribution in [-0.4, -0.2) is 23.8 Å². The van der Waals surface area contributed by atoms with Crippen molar-refractivity contribution >= 4 is 21.7 Å². The minimum absolute atomic E-state index is 0.145. The van der Waals surface area contributed by atoms with Gasteiger partial charge in [0.2, 0.25) is 0 Å². The highest BCUT2D eigenvalue weighted by molar-refractivity contribution is 9.09. The maximum absolute atomic E-state index is 12.2. The standard InChI is InChI=1S/C11H7BrF6O3/c12-4-3-8(19)7-2-1-6(20-10(13,14)15)5-9(7)21-11(16,17)18/h1-2,5H,3-4H2. The zero-order valence-electron chi connectivity index (χ0n) is 10.0. The minimum atomic E-state index is -5.15. The fourth-order valence-electron chi connectivity index (χ4n) is 1.36. The number of alkyl halides is 7. The number of carbonyl (C=O) groups excluding carboxylic acids is 1. The Bertz CT molecular complexity index is 512. The van der Waals surface area contributed by atoms with Crippen molar-refractivity contribution in [3.8, 4) is 11.5 Å². The van der Waals surface area contributed by atoms with Gasteiger partial charge in [-0.15, -0.1) is 26.3 Å². The number of Topliss-reactive ketones (excluding diaryl/α,β-unsaturated/α-hetero) is 1.